The van der Waals surface area contributed by atoms with Crippen molar-refractivity contribution in [2.24, 2.45) is 0 Å². The smallest absolute Gasteiger partial charge is 0.406 e. The van der Waals surface area contributed by atoms with E-state index in [2.05, 4.69) is 20.7 Å². The summed E-state index contributed by atoms with van der Waals surface area (Å²) >= 11 is 9.20. The Bertz CT molecular complexity index is 795. The number of hydrogen-bond donors (Lipinski definition) is 0. The van der Waals surface area contributed by atoms with Gasteiger partial charge in [-0.1, -0.05) is 45.7 Å². The molecular formula is C17H12BrClF3NO2. The lowest BCUT2D eigenvalue weighted by atomic mass is 10.1. The van der Waals surface area contributed by atoms with Crippen molar-refractivity contribution in [3.8, 4) is 5.75 Å². The van der Waals surface area contributed by atoms with E-state index in [9.17, 15) is 18.0 Å². The van der Waals surface area contributed by atoms with Gasteiger partial charge in [0.25, 0.3) is 0 Å². The van der Waals surface area contributed by atoms with Crippen molar-refractivity contribution in [3.05, 3.63) is 58.6 Å². The molecule has 8 heteroatoms. The fraction of sp³-hybridized carbons (Fsp3) is 0.235. The molecule has 0 fully saturated rings. The fourth-order valence-corrected chi connectivity index (χ4v) is 3.37. The summed E-state index contributed by atoms with van der Waals surface area (Å²) in [6, 6.07) is 10.8. The molecule has 2 aromatic rings. The molecule has 25 heavy (non-hydrogen) atoms. The number of amides is 1. The Balaban J connectivity index is 1.84. The molecule has 3 nitrogen and oxygen atoms in total. The van der Waals surface area contributed by atoms with Crippen molar-refractivity contribution < 1.29 is 22.7 Å². The van der Waals surface area contributed by atoms with E-state index in [1.807, 2.05) is 0 Å². The maximum Gasteiger partial charge on any atom is 0.573 e. The molecule has 3 rings (SSSR count). The maximum absolute atomic E-state index is 12.8. The van der Waals surface area contributed by atoms with Gasteiger partial charge >= 0.3 is 6.36 Å². The van der Waals surface area contributed by atoms with Crippen molar-refractivity contribution in [3.63, 3.8) is 0 Å². The zero-order chi connectivity index (χ0) is 18.2. The Morgan fingerprint density at radius 1 is 1.20 bits per heavy atom. The average Bonchev–Trinajstić information content (AvgIpc) is 2.96. The molecule has 1 aliphatic rings. The molecule has 0 saturated carbocycles. The summed E-state index contributed by atoms with van der Waals surface area (Å²) in [5.41, 5.74) is 1.95. The van der Waals surface area contributed by atoms with Crippen LogP contribution in [-0.2, 0) is 11.2 Å². The molecule has 0 spiro atoms. The molecule has 132 valence electrons. The first-order chi connectivity index (χ1) is 11.7. The minimum atomic E-state index is -4.77. The number of hydrogen-bond acceptors (Lipinski definition) is 2. The van der Waals surface area contributed by atoms with E-state index in [-0.39, 0.29) is 11.7 Å². The van der Waals surface area contributed by atoms with Crippen LogP contribution in [0.5, 0.6) is 5.75 Å². The van der Waals surface area contributed by atoms with Gasteiger partial charge in [-0.25, -0.2) is 0 Å². The molecule has 1 aliphatic heterocycles. The Labute approximate surface area is 155 Å². The largest absolute Gasteiger partial charge is 0.573 e. The number of carbonyl (C=O) groups is 1. The van der Waals surface area contributed by atoms with Gasteiger partial charge in [-0.15, -0.1) is 13.2 Å². The number of nitrogens with zero attached hydrogens (tertiary/aromatic N) is 1. The van der Waals surface area contributed by atoms with Crippen molar-refractivity contribution in [1.82, 2.24) is 0 Å². The number of fused-ring (bicyclic) bond motifs is 1. The summed E-state index contributed by atoms with van der Waals surface area (Å²) in [7, 11) is 0. The molecule has 2 aromatic carbocycles. The van der Waals surface area contributed by atoms with Crippen LogP contribution in [0, 0.1) is 0 Å². The summed E-state index contributed by atoms with van der Waals surface area (Å²) in [6.45, 7) is 0.402. The third kappa shape index (κ3) is 4.10. The van der Waals surface area contributed by atoms with Crippen LogP contribution in [0.4, 0.5) is 18.9 Å². The van der Waals surface area contributed by atoms with Crippen LogP contribution in [0.1, 0.15) is 16.0 Å². The molecule has 1 unspecified atom stereocenters. The number of ether oxygens (including phenoxy) is 1. The van der Waals surface area contributed by atoms with Crippen LogP contribution in [0.15, 0.2) is 42.5 Å². The predicted octanol–water partition coefficient (Wildman–Crippen LogP) is 5.26. The van der Waals surface area contributed by atoms with Crippen LogP contribution in [0.3, 0.4) is 0 Å². The lowest BCUT2D eigenvalue weighted by Gasteiger charge is -2.21. The Morgan fingerprint density at radius 3 is 2.52 bits per heavy atom. The lowest BCUT2D eigenvalue weighted by Crippen LogP contribution is -2.31. The summed E-state index contributed by atoms with van der Waals surface area (Å²) in [5.74, 6) is -0.603. The van der Waals surface area contributed by atoms with E-state index in [0.717, 1.165) is 5.56 Å². The highest BCUT2D eigenvalue weighted by molar-refractivity contribution is 9.09. The van der Waals surface area contributed by atoms with Gasteiger partial charge in [-0.3, -0.25) is 4.79 Å². The van der Waals surface area contributed by atoms with Crippen LogP contribution >= 0.6 is 27.5 Å². The normalized spacial score (nSPS) is 15.0. The van der Waals surface area contributed by atoms with E-state index < -0.39 is 11.2 Å². The molecule has 1 atom stereocenters. The zero-order valence-corrected chi connectivity index (χ0v) is 15.0. The van der Waals surface area contributed by atoms with E-state index in [4.69, 9.17) is 11.6 Å². The first-order valence-corrected chi connectivity index (χ1v) is 8.63. The van der Waals surface area contributed by atoms with E-state index in [1.165, 1.54) is 17.0 Å². The van der Waals surface area contributed by atoms with Gasteiger partial charge in [-0.2, -0.15) is 0 Å². The molecule has 0 radical (unpaired) electrons. The highest BCUT2D eigenvalue weighted by atomic mass is 79.9. The first kappa shape index (κ1) is 18.1. The molecule has 0 aliphatic carbocycles. The van der Waals surface area contributed by atoms with Gasteiger partial charge in [0.15, 0.2) is 0 Å². The van der Waals surface area contributed by atoms with E-state index >= 15 is 0 Å². The minimum Gasteiger partial charge on any atom is -0.406 e. The molecule has 1 amide bonds. The van der Waals surface area contributed by atoms with Gasteiger partial charge in [0.1, 0.15) is 10.6 Å². The molecule has 0 saturated heterocycles. The van der Waals surface area contributed by atoms with Crippen molar-refractivity contribution in [2.45, 2.75) is 17.6 Å². The molecule has 0 N–H and O–H groups in total. The second-order valence-electron chi connectivity index (χ2n) is 5.49. The van der Waals surface area contributed by atoms with Crippen LogP contribution in [0.2, 0.25) is 5.02 Å². The predicted molar refractivity (Wildman–Crippen MR) is 92.3 cm³/mol. The number of rotatable bonds is 3. The van der Waals surface area contributed by atoms with Gasteiger partial charge < -0.3 is 9.64 Å². The van der Waals surface area contributed by atoms with Gasteiger partial charge in [0.05, 0.1) is 5.69 Å². The third-order valence-corrected chi connectivity index (χ3v) is 5.00. The number of anilines is 1. The van der Waals surface area contributed by atoms with E-state index in [0.29, 0.717) is 29.2 Å². The lowest BCUT2D eigenvalue weighted by molar-refractivity contribution is -0.274. The van der Waals surface area contributed by atoms with Gasteiger partial charge in [-0.05, 0) is 35.7 Å². The standard InChI is InChI=1S/C17H12BrClF3NO2/c18-15(11-1-4-12(19)5-2-11)16(24)23-8-7-10-3-6-13(9-14(10)23)25-17(20,21)22/h1-6,9,15H,7-8H2. The molecule has 0 bridgehead atoms. The van der Waals surface area contributed by atoms with E-state index in [1.54, 1.807) is 30.3 Å². The summed E-state index contributed by atoms with van der Waals surface area (Å²) in [4.78, 5) is 13.6. The van der Waals surface area contributed by atoms with Gasteiger partial charge in [0, 0.05) is 17.6 Å². The third-order valence-electron chi connectivity index (χ3n) is 3.83. The second kappa shape index (κ2) is 6.88. The molecular weight excluding hydrogens is 423 g/mol. The van der Waals surface area contributed by atoms with Crippen LogP contribution < -0.4 is 9.64 Å². The van der Waals surface area contributed by atoms with Crippen LogP contribution in [0.25, 0.3) is 0 Å². The summed E-state index contributed by atoms with van der Waals surface area (Å²) in [5, 5.41) is 0.552. The SMILES string of the molecule is O=C(C(Br)c1ccc(Cl)cc1)N1CCc2ccc(OC(F)(F)F)cc21. The number of benzene rings is 2. The Hall–Kier alpha value is -1.73. The number of alkyl halides is 4. The Morgan fingerprint density at radius 2 is 1.88 bits per heavy atom. The molecule has 0 aromatic heterocycles. The summed E-state index contributed by atoms with van der Waals surface area (Å²) in [6.07, 6.45) is -4.20. The van der Waals surface area contributed by atoms with Crippen molar-refractivity contribution >= 4 is 39.1 Å². The minimum absolute atomic E-state index is 0.259. The first-order valence-electron chi connectivity index (χ1n) is 7.34. The average molecular weight is 435 g/mol. The fourth-order valence-electron chi connectivity index (χ4n) is 2.70. The zero-order valence-electron chi connectivity index (χ0n) is 12.7. The van der Waals surface area contributed by atoms with Crippen molar-refractivity contribution in [2.75, 3.05) is 11.4 Å². The van der Waals surface area contributed by atoms with Gasteiger partial charge in [0.2, 0.25) is 5.91 Å². The number of carbonyl (C=O) groups excluding carboxylic acids is 1. The quantitative estimate of drug-likeness (QED) is 0.617. The number of halogens is 5. The highest BCUT2D eigenvalue weighted by Crippen LogP contribution is 2.37. The monoisotopic (exact) mass is 433 g/mol. The topological polar surface area (TPSA) is 29.5 Å². The van der Waals surface area contributed by atoms with Crippen LogP contribution in [-0.4, -0.2) is 18.8 Å². The highest BCUT2D eigenvalue weighted by Gasteiger charge is 2.33. The molecule has 1 heterocycles. The second-order valence-corrected chi connectivity index (χ2v) is 6.84. The van der Waals surface area contributed by atoms with Crippen molar-refractivity contribution in [1.29, 1.82) is 0 Å². The Kier molecular flexibility index (Phi) is 4.97. The summed E-state index contributed by atoms with van der Waals surface area (Å²) < 4.78 is 41.2. The maximum atomic E-state index is 12.8.